The Morgan fingerprint density at radius 3 is 2.83 bits per heavy atom. The molecule has 2 aromatic heterocycles. The van der Waals surface area contributed by atoms with E-state index < -0.39 is 5.97 Å². The third-order valence-electron chi connectivity index (χ3n) is 3.26. The summed E-state index contributed by atoms with van der Waals surface area (Å²) < 4.78 is 1.62. The fourth-order valence-corrected chi connectivity index (χ4v) is 2.23. The first-order chi connectivity index (χ1) is 8.75. The molecule has 1 saturated heterocycles. The lowest BCUT2D eigenvalue weighted by Gasteiger charge is -2.31. The van der Waals surface area contributed by atoms with Gasteiger partial charge in [0.05, 0.1) is 18.3 Å². The molecule has 0 radical (unpaired) electrons. The van der Waals surface area contributed by atoms with E-state index in [0.29, 0.717) is 31.6 Å². The van der Waals surface area contributed by atoms with Crippen LogP contribution in [-0.4, -0.2) is 49.2 Å². The van der Waals surface area contributed by atoms with Crippen LogP contribution in [0.1, 0.15) is 12.8 Å². The Morgan fingerprint density at radius 2 is 2.11 bits per heavy atom. The molecule has 0 bridgehead atoms. The van der Waals surface area contributed by atoms with E-state index in [4.69, 9.17) is 5.11 Å². The van der Waals surface area contributed by atoms with E-state index in [1.54, 1.807) is 16.9 Å². The topological polar surface area (TPSA) is 96.5 Å². The van der Waals surface area contributed by atoms with Crippen molar-refractivity contribution in [3.63, 3.8) is 0 Å². The molecule has 1 N–H and O–H groups in total. The van der Waals surface area contributed by atoms with Gasteiger partial charge in [0, 0.05) is 13.1 Å². The molecule has 0 spiro atoms. The second kappa shape index (κ2) is 4.21. The predicted molar refractivity (Wildman–Crippen MR) is 61.1 cm³/mol. The summed E-state index contributed by atoms with van der Waals surface area (Å²) in [6.07, 6.45) is 4.56. The number of nitrogens with zero attached hydrogens (tertiary/aromatic N) is 6. The van der Waals surface area contributed by atoms with Crippen molar-refractivity contribution in [1.82, 2.24) is 25.0 Å². The van der Waals surface area contributed by atoms with E-state index in [-0.39, 0.29) is 5.92 Å². The van der Waals surface area contributed by atoms with Gasteiger partial charge < -0.3 is 10.0 Å². The van der Waals surface area contributed by atoms with Crippen molar-refractivity contribution in [2.75, 3.05) is 18.0 Å². The lowest BCUT2D eigenvalue weighted by molar-refractivity contribution is -0.142. The molecule has 8 nitrogen and oxygen atoms in total. The van der Waals surface area contributed by atoms with Crippen LogP contribution in [0.3, 0.4) is 0 Å². The first-order valence-corrected chi connectivity index (χ1v) is 5.75. The average Bonchev–Trinajstić information content (AvgIpc) is 2.87. The monoisotopic (exact) mass is 248 g/mol. The normalized spacial score (nSPS) is 17.2. The molecule has 0 aliphatic carbocycles. The third-order valence-corrected chi connectivity index (χ3v) is 3.26. The number of hydrogen-bond acceptors (Lipinski definition) is 6. The maximum Gasteiger partial charge on any atom is 0.306 e. The summed E-state index contributed by atoms with van der Waals surface area (Å²) in [4.78, 5) is 17.1. The summed E-state index contributed by atoms with van der Waals surface area (Å²) in [5.74, 6) is -0.156. The number of tetrazole rings is 1. The number of carboxylic acid groups (broad SMARTS) is 1. The molecule has 3 rings (SSSR count). The molecule has 0 amide bonds. The molecular weight excluding hydrogens is 236 g/mol. The van der Waals surface area contributed by atoms with Crippen LogP contribution in [0.25, 0.3) is 5.65 Å². The van der Waals surface area contributed by atoms with Crippen LogP contribution >= 0.6 is 0 Å². The van der Waals surface area contributed by atoms with Crippen LogP contribution in [0.5, 0.6) is 0 Å². The van der Waals surface area contributed by atoms with Gasteiger partial charge in [-0.1, -0.05) is 0 Å². The van der Waals surface area contributed by atoms with E-state index in [1.165, 1.54) is 0 Å². The summed E-state index contributed by atoms with van der Waals surface area (Å²) in [5, 5.41) is 20.3. The molecule has 18 heavy (non-hydrogen) atoms. The van der Waals surface area contributed by atoms with Crippen molar-refractivity contribution >= 4 is 17.4 Å². The summed E-state index contributed by atoms with van der Waals surface area (Å²) in [6, 6.07) is 0. The maximum absolute atomic E-state index is 10.9. The van der Waals surface area contributed by atoms with Crippen LogP contribution in [0.15, 0.2) is 12.4 Å². The summed E-state index contributed by atoms with van der Waals surface area (Å²) in [7, 11) is 0. The van der Waals surface area contributed by atoms with Crippen LogP contribution in [0.2, 0.25) is 0 Å². The Morgan fingerprint density at radius 1 is 1.33 bits per heavy atom. The fraction of sp³-hybridized carbons (Fsp3) is 0.500. The zero-order valence-corrected chi connectivity index (χ0v) is 9.60. The van der Waals surface area contributed by atoms with Gasteiger partial charge in [-0.05, 0) is 23.3 Å². The summed E-state index contributed by atoms with van der Waals surface area (Å²) in [6.45, 7) is 1.36. The standard InChI is InChI=1S/C10H12N6O2/c17-10(18)7-1-3-15(4-2-7)9-6-11-5-8-12-13-14-16(8)9/h5-7H,1-4H2,(H,17,18). The molecule has 3 heterocycles. The SMILES string of the molecule is O=C(O)C1CCN(c2cncc3nnnn23)CC1. The number of anilines is 1. The van der Waals surface area contributed by atoms with Gasteiger partial charge in [0.2, 0.25) is 0 Å². The molecule has 1 aliphatic heterocycles. The molecule has 2 aromatic rings. The van der Waals surface area contributed by atoms with Gasteiger partial charge in [-0.15, -0.1) is 5.10 Å². The number of rotatable bonds is 2. The van der Waals surface area contributed by atoms with Crippen molar-refractivity contribution in [3.05, 3.63) is 12.4 Å². The average molecular weight is 248 g/mol. The number of piperidine rings is 1. The summed E-state index contributed by atoms with van der Waals surface area (Å²) >= 11 is 0. The van der Waals surface area contributed by atoms with Crippen molar-refractivity contribution in [3.8, 4) is 0 Å². The summed E-state index contributed by atoms with van der Waals surface area (Å²) in [5.41, 5.74) is 0.591. The minimum Gasteiger partial charge on any atom is -0.481 e. The first-order valence-electron chi connectivity index (χ1n) is 5.75. The van der Waals surface area contributed by atoms with E-state index in [9.17, 15) is 4.79 Å². The van der Waals surface area contributed by atoms with E-state index in [2.05, 4.69) is 25.4 Å². The largest absolute Gasteiger partial charge is 0.481 e. The van der Waals surface area contributed by atoms with Crippen molar-refractivity contribution < 1.29 is 9.90 Å². The molecule has 0 atom stereocenters. The molecule has 1 fully saturated rings. The van der Waals surface area contributed by atoms with Gasteiger partial charge in [0.25, 0.3) is 0 Å². The number of aromatic nitrogens is 5. The quantitative estimate of drug-likeness (QED) is 0.787. The predicted octanol–water partition coefficient (Wildman–Crippen LogP) is -0.180. The molecule has 0 aromatic carbocycles. The number of aliphatic carboxylic acids is 1. The van der Waals surface area contributed by atoms with Gasteiger partial charge in [0.15, 0.2) is 11.5 Å². The highest BCUT2D eigenvalue weighted by Gasteiger charge is 2.25. The Hall–Kier alpha value is -2.25. The Bertz CT molecular complexity index is 575. The van der Waals surface area contributed by atoms with Gasteiger partial charge in [-0.2, -0.15) is 4.52 Å². The Balaban J connectivity index is 1.84. The number of carboxylic acids is 1. The lowest BCUT2D eigenvalue weighted by atomic mass is 9.97. The van der Waals surface area contributed by atoms with Gasteiger partial charge in [-0.25, -0.2) is 0 Å². The number of carbonyl (C=O) groups is 1. The minimum absolute atomic E-state index is 0.248. The molecular formula is C10H12N6O2. The smallest absolute Gasteiger partial charge is 0.306 e. The number of hydrogen-bond donors (Lipinski definition) is 1. The van der Waals surface area contributed by atoms with Crippen LogP contribution < -0.4 is 4.90 Å². The third kappa shape index (κ3) is 1.75. The van der Waals surface area contributed by atoms with Crippen molar-refractivity contribution in [2.45, 2.75) is 12.8 Å². The van der Waals surface area contributed by atoms with Crippen LogP contribution in [0, 0.1) is 5.92 Å². The van der Waals surface area contributed by atoms with E-state index in [0.717, 1.165) is 5.82 Å². The lowest BCUT2D eigenvalue weighted by Crippen LogP contribution is -2.37. The van der Waals surface area contributed by atoms with Crippen molar-refractivity contribution in [1.29, 1.82) is 0 Å². The van der Waals surface area contributed by atoms with E-state index >= 15 is 0 Å². The van der Waals surface area contributed by atoms with Crippen LogP contribution in [-0.2, 0) is 4.79 Å². The second-order valence-electron chi connectivity index (χ2n) is 4.31. The Kier molecular flexibility index (Phi) is 2.54. The Labute approximate surface area is 102 Å². The molecule has 94 valence electrons. The molecule has 1 aliphatic rings. The zero-order chi connectivity index (χ0) is 12.5. The minimum atomic E-state index is -0.714. The number of fused-ring (bicyclic) bond motifs is 1. The van der Waals surface area contributed by atoms with Gasteiger partial charge in [-0.3, -0.25) is 9.78 Å². The highest BCUT2D eigenvalue weighted by molar-refractivity contribution is 5.70. The highest BCUT2D eigenvalue weighted by Crippen LogP contribution is 2.22. The second-order valence-corrected chi connectivity index (χ2v) is 4.31. The highest BCUT2D eigenvalue weighted by atomic mass is 16.4. The fourth-order valence-electron chi connectivity index (χ4n) is 2.23. The first kappa shape index (κ1) is 10.9. The van der Waals surface area contributed by atoms with E-state index in [1.807, 2.05) is 0 Å². The van der Waals surface area contributed by atoms with Crippen molar-refractivity contribution in [2.24, 2.45) is 5.92 Å². The zero-order valence-electron chi connectivity index (χ0n) is 9.60. The molecule has 0 unspecified atom stereocenters. The van der Waals surface area contributed by atoms with Gasteiger partial charge in [0.1, 0.15) is 0 Å². The maximum atomic E-state index is 10.9. The van der Waals surface area contributed by atoms with Gasteiger partial charge >= 0.3 is 5.97 Å². The molecule has 8 heteroatoms. The molecule has 0 saturated carbocycles. The van der Waals surface area contributed by atoms with Crippen LogP contribution in [0.4, 0.5) is 5.82 Å².